The number of hydrogen-bond donors (Lipinski definition) is 1. The normalized spacial score (nSPS) is 23.5. The Kier molecular flexibility index (Phi) is 3.78. The van der Waals surface area contributed by atoms with Crippen molar-refractivity contribution in [2.24, 2.45) is 5.73 Å². The molecule has 5 nitrogen and oxygen atoms in total. The van der Waals surface area contributed by atoms with Crippen LogP contribution in [0.4, 0.5) is 0 Å². The molecule has 0 aliphatic heterocycles. The first-order valence-electron chi connectivity index (χ1n) is 7.26. The van der Waals surface area contributed by atoms with Crippen LogP contribution < -0.4 is 5.73 Å². The smallest absolute Gasteiger partial charge is 0.231 e. The second-order valence-corrected chi connectivity index (χ2v) is 5.56. The highest BCUT2D eigenvalue weighted by Gasteiger charge is 2.27. The van der Waals surface area contributed by atoms with E-state index in [0.29, 0.717) is 11.7 Å². The van der Waals surface area contributed by atoms with Gasteiger partial charge in [-0.15, -0.1) is 0 Å². The Hall–Kier alpha value is -1.75. The second-order valence-electron chi connectivity index (χ2n) is 5.56. The van der Waals surface area contributed by atoms with Gasteiger partial charge in [0.1, 0.15) is 0 Å². The van der Waals surface area contributed by atoms with E-state index in [9.17, 15) is 0 Å². The zero-order valence-corrected chi connectivity index (χ0v) is 11.7. The maximum Gasteiger partial charge on any atom is 0.231 e. The third-order valence-corrected chi connectivity index (χ3v) is 4.11. The van der Waals surface area contributed by atoms with Gasteiger partial charge in [-0.3, -0.25) is 4.98 Å². The van der Waals surface area contributed by atoms with Crippen molar-refractivity contribution in [2.45, 2.75) is 51.0 Å². The minimum absolute atomic E-state index is 0.126. The van der Waals surface area contributed by atoms with E-state index in [-0.39, 0.29) is 12.0 Å². The van der Waals surface area contributed by atoms with Crippen LogP contribution in [0.1, 0.15) is 49.5 Å². The fraction of sp³-hybridized carbons (Fsp3) is 0.533. The van der Waals surface area contributed by atoms with Crippen LogP contribution in [0.15, 0.2) is 23.0 Å². The Morgan fingerprint density at radius 1 is 1.25 bits per heavy atom. The van der Waals surface area contributed by atoms with Crippen LogP contribution in [-0.2, 0) is 0 Å². The fourth-order valence-electron chi connectivity index (χ4n) is 2.84. The molecule has 0 aromatic carbocycles. The Morgan fingerprint density at radius 3 is 2.95 bits per heavy atom. The van der Waals surface area contributed by atoms with Crippen molar-refractivity contribution in [1.82, 2.24) is 15.1 Å². The predicted molar refractivity (Wildman–Crippen MR) is 76.1 cm³/mol. The lowest BCUT2D eigenvalue weighted by atomic mass is 9.95. The Morgan fingerprint density at radius 2 is 2.10 bits per heavy atom. The first kappa shape index (κ1) is 13.2. The standard InChI is InChI=1S/C15H20N4O/c1-10-7-8-17-9-12(10)14-18-15(20-19-14)11-5-3-2-4-6-13(11)16/h7-9,11,13H,2-6,16H2,1H3. The van der Waals surface area contributed by atoms with Crippen molar-refractivity contribution in [2.75, 3.05) is 0 Å². The summed E-state index contributed by atoms with van der Waals surface area (Å²) in [6.45, 7) is 2.02. The van der Waals surface area contributed by atoms with Crippen LogP contribution in [0, 0.1) is 6.92 Å². The summed E-state index contributed by atoms with van der Waals surface area (Å²) in [7, 11) is 0. The van der Waals surface area contributed by atoms with Gasteiger partial charge >= 0.3 is 0 Å². The maximum absolute atomic E-state index is 6.25. The lowest BCUT2D eigenvalue weighted by molar-refractivity contribution is 0.326. The summed E-state index contributed by atoms with van der Waals surface area (Å²) in [6.07, 6.45) is 9.23. The second kappa shape index (κ2) is 5.71. The van der Waals surface area contributed by atoms with E-state index in [1.165, 1.54) is 19.3 Å². The number of pyridine rings is 1. The molecule has 0 radical (unpaired) electrons. The predicted octanol–water partition coefficient (Wildman–Crippen LogP) is 2.82. The minimum Gasteiger partial charge on any atom is -0.339 e. The van der Waals surface area contributed by atoms with Crippen LogP contribution in [0.2, 0.25) is 0 Å². The monoisotopic (exact) mass is 272 g/mol. The number of aromatic nitrogens is 3. The van der Waals surface area contributed by atoms with Gasteiger partial charge in [0.2, 0.25) is 11.7 Å². The summed E-state index contributed by atoms with van der Waals surface area (Å²) in [5, 5.41) is 4.11. The van der Waals surface area contributed by atoms with Crippen LogP contribution in [0.25, 0.3) is 11.4 Å². The molecule has 2 atom stereocenters. The first-order chi connectivity index (χ1) is 9.75. The van der Waals surface area contributed by atoms with Crippen LogP contribution in [0.3, 0.4) is 0 Å². The van der Waals surface area contributed by atoms with E-state index in [1.807, 2.05) is 13.0 Å². The van der Waals surface area contributed by atoms with Crippen molar-refractivity contribution in [1.29, 1.82) is 0 Å². The molecule has 0 amide bonds. The van der Waals surface area contributed by atoms with E-state index < -0.39 is 0 Å². The van der Waals surface area contributed by atoms with Gasteiger partial charge in [0, 0.05) is 24.0 Å². The van der Waals surface area contributed by atoms with Crippen LogP contribution in [0.5, 0.6) is 0 Å². The third-order valence-electron chi connectivity index (χ3n) is 4.11. The first-order valence-corrected chi connectivity index (χ1v) is 7.26. The van der Waals surface area contributed by atoms with Crippen LogP contribution in [-0.4, -0.2) is 21.2 Å². The van der Waals surface area contributed by atoms with Crippen LogP contribution >= 0.6 is 0 Å². The van der Waals surface area contributed by atoms with E-state index in [1.54, 1.807) is 12.4 Å². The number of nitrogens with two attached hydrogens (primary N) is 1. The molecular formula is C15H20N4O. The van der Waals surface area contributed by atoms with Gasteiger partial charge in [-0.2, -0.15) is 4.98 Å². The Bertz CT molecular complexity index is 581. The molecule has 1 aliphatic rings. The average molecular weight is 272 g/mol. The molecule has 1 fully saturated rings. The van der Waals surface area contributed by atoms with Crippen molar-refractivity contribution >= 4 is 0 Å². The number of hydrogen-bond acceptors (Lipinski definition) is 5. The molecule has 5 heteroatoms. The molecule has 2 aromatic rings. The van der Waals surface area contributed by atoms with E-state index in [2.05, 4.69) is 15.1 Å². The molecule has 0 spiro atoms. The van der Waals surface area contributed by atoms with Crippen molar-refractivity contribution in [3.8, 4) is 11.4 Å². The molecule has 2 N–H and O–H groups in total. The minimum atomic E-state index is 0.126. The van der Waals surface area contributed by atoms with Gasteiger partial charge in [-0.25, -0.2) is 0 Å². The highest BCUT2D eigenvalue weighted by Crippen LogP contribution is 2.31. The largest absolute Gasteiger partial charge is 0.339 e. The number of nitrogens with zero attached hydrogens (tertiary/aromatic N) is 3. The molecule has 1 aliphatic carbocycles. The van der Waals surface area contributed by atoms with Gasteiger partial charge in [-0.05, 0) is 31.4 Å². The molecule has 1 saturated carbocycles. The Balaban J connectivity index is 1.88. The molecule has 0 bridgehead atoms. The number of aryl methyl sites for hydroxylation is 1. The summed E-state index contributed by atoms with van der Waals surface area (Å²) < 4.78 is 5.47. The fourth-order valence-corrected chi connectivity index (χ4v) is 2.84. The van der Waals surface area contributed by atoms with Gasteiger partial charge in [0.15, 0.2) is 0 Å². The van der Waals surface area contributed by atoms with Gasteiger partial charge in [-0.1, -0.05) is 24.4 Å². The van der Waals surface area contributed by atoms with Crippen molar-refractivity contribution in [3.63, 3.8) is 0 Å². The molecule has 106 valence electrons. The van der Waals surface area contributed by atoms with Gasteiger partial charge in [0.25, 0.3) is 0 Å². The Labute approximate surface area is 118 Å². The van der Waals surface area contributed by atoms with E-state index in [0.717, 1.165) is 24.0 Å². The van der Waals surface area contributed by atoms with Crippen molar-refractivity contribution < 1.29 is 4.52 Å². The lowest BCUT2D eigenvalue weighted by Gasteiger charge is -2.16. The summed E-state index contributed by atoms with van der Waals surface area (Å²) in [4.78, 5) is 8.69. The number of rotatable bonds is 2. The summed E-state index contributed by atoms with van der Waals surface area (Å²) in [5.74, 6) is 1.48. The molecular weight excluding hydrogens is 252 g/mol. The quantitative estimate of drug-likeness (QED) is 0.850. The van der Waals surface area contributed by atoms with E-state index >= 15 is 0 Å². The topological polar surface area (TPSA) is 77.8 Å². The van der Waals surface area contributed by atoms with E-state index in [4.69, 9.17) is 10.3 Å². The zero-order chi connectivity index (χ0) is 13.9. The van der Waals surface area contributed by atoms with Gasteiger partial charge < -0.3 is 10.3 Å². The maximum atomic E-state index is 6.25. The molecule has 2 unspecified atom stereocenters. The molecule has 3 rings (SSSR count). The summed E-state index contributed by atoms with van der Waals surface area (Å²) >= 11 is 0. The molecule has 2 heterocycles. The summed E-state index contributed by atoms with van der Waals surface area (Å²) in [6, 6.07) is 2.07. The molecule has 20 heavy (non-hydrogen) atoms. The highest BCUT2D eigenvalue weighted by atomic mass is 16.5. The average Bonchev–Trinajstić information content (AvgIpc) is 2.82. The zero-order valence-electron chi connectivity index (χ0n) is 11.7. The van der Waals surface area contributed by atoms with Crippen molar-refractivity contribution in [3.05, 3.63) is 29.9 Å². The SMILES string of the molecule is Cc1ccncc1-c1noc(C2CCCCCC2N)n1. The summed E-state index contributed by atoms with van der Waals surface area (Å²) in [5.41, 5.74) is 8.26. The van der Waals surface area contributed by atoms with Gasteiger partial charge in [0.05, 0.1) is 5.92 Å². The highest BCUT2D eigenvalue weighted by molar-refractivity contribution is 5.57. The third kappa shape index (κ3) is 2.58. The molecule has 0 saturated heterocycles. The lowest BCUT2D eigenvalue weighted by Crippen LogP contribution is -2.27. The molecule has 2 aromatic heterocycles.